The summed E-state index contributed by atoms with van der Waals surface area (Å²) >= 11 is 5.99. The van der Waals surface area contributed by atoms with Crippen LogP contribution in [-0.2, 0) is 0 Å². The minimum atomic E-state index is 0.116. The van der Waals surface area contributed by atoms with Crippen molar-refractivity contribution in [2.75, 3.05) is 0 Å². The summed E-state index contributed by atoms with van der Waals surface area (Å²) < 4.78 is 5.44. The van der Waals surface area contributed by atoms with E-state index in [0.717, 1.165) is 18.4 Å². The van der Waals surface area contributed by atoms with Crippen molar-refractivity contribution in [3.8, 4) is 11.4 Å². The lowest BCUT2D eigenvalue weighted by Gasteiger charge is -2.16. The molecule has 20 heavy (non-hydrogen) atoms. The van der Waals surface area contributed by atoms with Crippen LogP contribution < -0.4 is 5.73 Å². The summed E-state index contributed by atoms with van der Waals surface area (Å²) in [6, 6.07) is 7.58. The molecule has 2 atom stereocenters. The van der Waals surface area contributed by atoms with E-state index in [0.29, 0.717) is 16.7 Å². The standard InChI is InChI=1S/C15H18ClN3O/c16-11-6-4-5-10(9-11)14-18-15(20-19-14)12-7-2-1-3-8-13(12)17/h4-6,9,12-13H,1-3,7-8,17H2. The SMILES string of the molecule is NC1CCCCCC1c1nc(-c2cccc(Cl)c2)no1. The summed E-state index contributed by atoms with van der Waals surface area (Å²) in [4.78, 5) is 4.52. The summed E-state index contributed by atoms with van der Waals surface area (Å²) in [5, 5.41) is 4.73. The third-order valence-electron chi connectivity index (χ3n) is 3.91. The van der Waals surface area contributed by atoms with Gasteiger partial charge < -0.3 is 10.3 Å². The second kappa shape index (κ2) is 5.94. The molecule has 0 amide bonds. The zero-order valence-electron chi connectivity index (χ0n) is 11.3. The maximum atomic E-state index is 6.23. The van der Waals surface area contributed by atoms with Crippen molar-refractivity contribution in [3.63, 3.8) is 0 Å². The maximum Gasteiger partial charge on any atom is 0.231 e. The zero-order valence-corrected chi connectivity index (χ0v) is 12.0. The predicted octanol–water partition coefficient (Wildman–Crippen LogP) is 3.77. The fourth-order valence-electron chi connectivity index (χ4n) is 2.77. The molecule has 1 saturated carbocycles. The Labute approximate surface area is 123 Å². The highest BCUT2D eigenvalue weighted by Gasteiger charge is 2.27. The predicted molar refractivity (Wildman–Crippen MR) is 78.5 cm³/mol. The molecule has 2 N–H and O–H groups in total. The summed E-state index contributed by atoms with van der Waals surface area (Å²) in [5.74, 6) is 1.42. The van der Waals surface area contributed by atoms with Crippen LogP contribution in [0.15, 0.2) is 28.8 Å². The average Bonchev–Trinajstić information content (AvgIpc) is 2.82. The molecule has 1 aliphatic carbocycles. The third-order valence-corrected chi connectivity index (χ3v) is 4.15. The van der Waals surface area contributed by atoms with Crippen LogP contribution in [-0.4, -0.2) is 16.2 Å². The Hall–Kier alpha value is -1.39. The van der Waals surface area contributed by atoms with Gasteiger partial charge in [0.1, 0.15) is 0 Å². The van der Waals surface area contributed by atoms with E-state index in [2.05, 4.69) is 10.1 Å². The number of benzene rings is 1. The lowest BCUT2D eigenvalue weighted by atomic mass is 9.95. The molecule has 5 heteroatoms. The number of rotatable bonds is 2. The molecule has 1 fully saturated rings. The van der Waals surface area contributed by atoms with Crippen molar-refractivity contribution in [1.82, 2.24) is 10.1 Å². The minimum Gasteiger partial charge on any atom is -0.339 e. The maximum absolute atomic E-state index is 6.23. The second-order valence-electron chi connectivity index (χ2n) is 5.37. The highest BCUT2D eigenvalue weighted by atomic mass is 35.5. The summed E-state index contributed by atoms with van der Waals surface area (Å²) in [5.41, 5.74) is 7.10. The van der Waals surface area contributed by atoms with Gasteiger partial charge in [-0.2, -0.15) is 4.98 Å². The quantitative estimate of drug-likeness (QED) is 0.856. The fraction of sp³-hybridized carbons (Fsp3) is 0.467. The lowest BCUT2D eigenvalue weighted by molar-refractivity contribution is 0.326. The van der Waals surface area contributed by atoms with Gasteiger partial charge in [0.05, 0.1) is 5.92 Å². The van der Waals surface area contributed by atoms with Gasteiger partial charge in [0.2, 0.25) is 11.7 Å². The van der Waals surface area contributed by atoms with Gasteiger partial charge in [0.15, 0.2) is 0 Å². The topological polar surface area (TPSA) is 64.9 Å². The second-order valence-corrected chi connectivity index (χ2v) is 5.81. The van der Waals surface area contributed by atoms with Crippen molar-refractivity contribution < 1.29 is 4.52 Å². The van der Waals surface area contributed by atoms with E-state index in [1.807, 2.05) is 24.3 Å². The first-order chi connectivity index (χ1) is 9.74. The molecule has 1 heterocycles. The van der Waals surface area contributed by atoms with E-state index >= 15 is 0 Å². The highest BCUT2D eigenvalue weighted by molar-refractivity contribution is 6.30. The minimum absolute atomic E-state index is 0.116. The molecule has 1 aromatic carbocycles. The van der Waals surface area contributed by atoms with Gasteiger partial charge in [-0.15, -0.1) is 0 Å². The van der Waals surface area contributed by atoms with E-state index < -0.39 is 0 Å². The number of halogens is 1. The van der Waals surface area contributed by atoms with Crippen molar-refractivity contribution >= 4 is 11.6 Å². The van der Waals surface area contributed by atoms with Crippen LogP contribution >= 0.6 is 11.6 Å². The van der Waals surface area contributed by atoms with Crippen LogP contribution in [0.1, 0.15) is 43.9 Å². The first-order valence-electron chi connectivity index (χ1n) is 7.09. The molecule has 2 unspecified atom stereocenters. The Bertz CT molecular complexity index is 584. The third kappa shape index (κ3) is 2.86. The van der Waals surface area contributed by atoms with Gasteiger partial charge in [-0.1, -0.05) is 48.2 Å². The van der Waals surface area contributed by atoms with E-state index in [1.165, 1.54) is 19.3 Å². The molecule has 3 rings (SSSR count). The Kier molecular flexibility index (Phi) is 4.03. The number of nitrogens with two attached hydrogens (primary N) is 1. The first-order valence-corrected chi connectivity index (χ1v) is 7.47. The summed E-state index contributed by atoms with van der Waals surface area (Å²) in [7, 11) is 0. The monoisotopic (exact) mass is 291 g/mol. The molecule has 4 nitrogen and oxygen atoms in total. The summed E-state index contributed by atoms with van der Waals surface area (Å²) in [6.07, 6.45) is 5.65. The van der Waals surface area contributed by atoms with Crippen LogP contribution in [0.3, 0.4) is 0 Å². The van der Waals surface area contributed by atoms with Crippen LogP contribution in [0.5, 0.6) is 0 Å². The molecule has 106 valence electrons. The highest BCUT2D eigenvalue weighted by Crippen LogP contribution is 2.31. The van der Waals surface area contributed by atoms with E-state index in [-0.39, 0.29) is 12.0 Å². The molecule has 0 bridgehead atoms. The molecule has 1 aliphatic rings. The van der Waals surface area contributed by atoms with Gasteiger partial charge in [-0.3, -0.25) is 0 Å². The van der Waals surface area contributed by atoms with Gasteiger partial charge >= 0.3 is 0 Å². The molecule has 0 saturated heterocycles. The Morgan fingerprint density at radius 1 is 1.20 bits per heavy atom. The van der Waals surface area contributed by atoms with Gasteiger partial charge in [-0.05, 0) is 25.0 Å². The number of nitrogens with zero attached hydrogens (tertiary/aromatic N) is 2. The molecular weight excluding hydrogens is 274 g/mol. The Morgan fingerprint density at radius 3 is 2.90 bits per heavy atom. The van der Waals surface area contributed by atoms with E-state index in [1.54, 1.807) is 0 Å². The smallest absolute Gasteiger partial charge is 0.231 e. The molecule has 0 spiro atoms. The van der Waals surface area contributed by atoms with Crippen molar-refractivity contribution in [1.29, 1.82) is 0 Å². The molecule has 2 aromatic rings. The lowest BCUT2D eigenvalue weighted by Crippen LogP contribution is -2.27. The summed E-state index contributed by atoms with van der Waals surface area (Å²) in [6.45, 7) is 0. The number of aromatic nitrogens is 2. The van der Waals surface area contributed by atoms with E-state index in [9.17, 15) is 0 Å². The van der Waals surface area contributed by atoms with Crippen LogP contribution in [0.2, 0.25) is 5.02 Å². The molecular formula is C15H18ClN3O. The molecule has 1 aromatic heterocycles. The van der Waals surface area contributed by atoms with Gasteiger partial charge in [0, 0.05) is 16.6 Å². The van der Waals surface area contributed by atoms with Crippen molar-refractivity contribution in [2.45, 2.75) is 44.1 Å². The average molecular weight is 292 g/mol. The van der Waals surface area contributed by atoms with Crippen molar-refractivity contribution in [3.05, 3.63) is 35.2 Å². The van der Waals surface area contributed by atoms with Gasteiger partial charge in [-0.25, -0.2) is 0 Å². The normalized spacial score (nSPS) is 23.5. The Morgan fingerprint density at radius 2 is 2.05 bits per heavy atom. The van der Waals surface area contributed by atoms with Crippen molar-refractivity contribution in [2.24, 2.45) is 5.73 Å². The molecule has 0 radical (unpaired) electrons. The zero-order chi connectivity index (χ0) is 13.9. The van der Waals surface area contributed by atoms with Crippen LogP contribution in [0, 0.1) is 0 Å². The molecule has 0 aliphatic heterocycles. The fourth-order valence-corrected chi connectivity index (χ4v) is 2.96. The first kappa shape index (κ1) is 13.6. The number of hydrogen-bond donors (Lipinski definition) is 1. The largest absolute Gasteiger partial charge is 0.339 e. The Balaban J connectivity index is 1.86. The van der Waals surface area contributed by atoms with Gasteiger partial charge in [0.25, 0.3) is 0 Å². The van der Waals surface area contributed by atoms with Crippen LogP contribution in [0.4, 0.5) is 0 Å². The number of hydrogen-bond acceptors (Lipinski definition) is 4. The van der Waals surface area contributed by atoms with Crippen LogP contribution in [0.25, 0.3) is 11.4 Å². The van der Waals surface area contributed by atoms with E-state index in [4.69, 9.17) is 21.9 Å².